The summed E-state index contributed by atoms with van der Waals surface area (Å²) in [7, 11) is 0. The zero-order valence-electron chi connectivity index (χ0n) is 6.83. The van der Waals surface area contributed by atoms with Crippen molar-refractivity contribution in [3.63, 3.8) is 0 Å². The highest BCUT2D eigenvalue weighted by molar-refractivity contribution is 5.32. The molecule has 2 nitrogen and oxygen atoms in total. The summed E-state index contributed by atoms with van der Waals surface area (Å²) in [5.41, 5.74) is 0. The first-order valence-electron chi connectivity index (χ1n) is 4.14. The third-order valence-electron chi connectivity index (χ3n) is 1.66. The Balaban J connectivity index is 0.000000292. The van der Waals surface area contributed by atoms with Gasteiger partial charge in [0.2, 0.25) is 0 Å². The molecule has 1 N–H and O–H groups in total. The fourth-order valence-corrected chi connectivity index (χ4v) is 1.11. The first kappa shape index (κ1) is 10.2. The standard InChI is InChI=1S/C8H14.CH2O2/c1-2-4-6-8-7-5-3-1;2-1-3/h1-2H,3-8H2;1H,(H,2,3). The van der Waals surface area contributed by atoms with Crippen LogP contribution in [0.2, 0.25) is 0 Å². The second-order valence-electron chi connectivity index (χ2n) is 2.57. The highest BCUT2D eigenvalue weighted by Gasteiger charge is 1.89. The van der Waals surface area contributed by atoms with Crippen LogP contribution in [0.1, 0.15) is 38.5 Å². The van der Waals surface area contributed by atoms with E-state index >= 15 is 0 Å². The summed E-state index contributed by atoms with van der Waals surface area (Å²) >= 11 is 0. The van der Waals surface area contributed by atoms with Crippen LogP contribution in [0.5, 0.6) is 0 Å². The third-order valence-corrected chi connectivity index (χ3v) is 1.66. The number of allylic oxidation sites excluding steroid dienone is 2. The van der Waals surface area contributed by atoms with E-state index in [1.54, 1.807) is 0 Å². The van der Waals surface area contributed by atoms with Gasteiger partial charge in [-0.3, -0.25) is 4.79 Å². The summed E-state index contributed by atoms with van der Waals surface area (Å²) in [6, 6.07) is 0. The van der Waals surface area contributed by atoms with Crippen LogP contribution in [0.25, 0.3) is 0 Å². The number of hydrogen-bond donors (Lipinski definition) is 1. The zero-order chi connectivity index (χ0) is 8.36. The minimum atomic E-state index is -0.250. The van der Waals surface area contributed by atoms with E-state index in [0.29, 0.717) is 0 Å². The lowest BCUT2D eigenvalue weighted by Gasteiger charge is -2.00. The van der Waals surface area contributed by atoms with E-state index in [-0.39, 0.29) is 6.47 Å². The Kier molecular flexibility index (Phi) is 8.55. The molecule has 0 fully saturated rings. The highest BCUT2D eigenvalue weighted by atomic mass is 16.3. The van der Waals surface area contributed by atoms with E-state index in [0.717, 1.165) is 0 Å². The fraction of sp³-hybridized carbons (Fsp3) is 0.667. The van der Waals surface area contributed by atoms with Gasteiger partial charge in [0.25, 0.3) is 6.47 Å². The van der Waals surface area contributed by atoms with Gasteiger partial charge in [0.15, 0.2) is 0 Å². The van der Waals surface area contributed by atoms with Crippen molar-refractivity contribution in [1.29, 1.82) is 0 Å². The Morgan fingerprint density at radius 1 is 1.00 bits per heavy atom. The molecule has 64 valence electrons. The summed E-state index contributed by atoms with van der Waals surface area (Å²) in [4.78, 5) is 8.36. The molecule has 11 heavy (non-hydrogen) atoms. The quantitative estimate of drug-likeness (QED) is 0.432. The van der Waals surface area contributed by atoms with E-state index in [2.05, 4.69) is 12.2 Å². The molecule has 1 aliphatic rings. The van der Waals surface area contributed by atoms with Gasteiger partial charge >= 0.3 is 0 Å². The summed E-state index contributed by atoms with van der Waals surface area (Å²) in [6.45, 7) is -0.250. The topological polar surface area (TPSA) is 37.3 Å². The van der Waals surface area contributed by atoms with Crippen molar-refractivity contribution >= 4 is 6.47 Å². The lowest BCUT2D eigenvalue weighted by atomic mass is 10.1. The van der Waals surface area contributed by atoms with E-state index < -0.39 is 0 Å². The molecule has 0 aliphatic heterocycles. The van der Waals surface area contributed by atoms with Gasteiger partial charge in [-0.1, -0.05) is 25.0 Å². The lowest BCUT2D eigenvalue weighted by molar-refractivity contribution is -0.122. The van der Waals surface area contributed by atoms with E-state index in [1.165, 1.54) is 38.5 Å². The summed E-state index contributed by atoms with van der Waals surface area (Å²) in [5, 5.41) is 6.89. The zero-order valence-corrected chi connectivity index (χ0v) is 6.83. The third kappa shape index (κ3) is 9.21. The van der Waals surface area contributed by atoms with Gasteiger partial charge in [0, 0.05) is 0 Å². The molecule has 0 saturated heterocycles. The van der Waals surface area contributed by atoms with Crippen LogP contribution in [0, 0.1) is 0 Å². The van der Waals surface area contributed by atoms with Gasteiger partial charge in [-0.15, -0.1) is 0 Å². The summed E-state index contributed by atoms with van der Waals surface area (Å²) in [6.07, 6.45) is 13.0. The molecule has 0 saturated carbocycles. The molecule has 0 spiro atoms. The second kappa shape index (κ2) is 9.21. The first-order chi connectivity index (χ1) is 5.41. The van der Waals surface area contributed by atoms with Crippen LogP contribution in [0.3, 0.4) is 0 Å². The SMILES string of the molecule is C1=CCCCCCC1.O=CO. The van der Waals surface area contributed by atoms with Gasteiger partial charge in [-0.25, -0.2) is 0 Å². The number of carbonyl (C=O) groups is 1. The Labute approximate surface area is 67.9 Å². The predicted octanol–water partition coefficient (Wildman–Crippen LogP) is 2.60. The molecule has 0 bridgehead atoms. The molecular formula is C9H16O2. The van der Waals surface area contributed by atoms with E-state index in [4.69, 9.17) is 9.90 Å². The van der Waals surface area contributed by atoms with Crippen LogP contribution >= 0.6 is 0 Å². The minimum Gasteiger partial charge on any atom is -0.483 e. The van der Waals surface area contributed by atoms with Crippen LogP contribution in [0.4, 0.5) is 0 Å². The maximum absolute atomic E-state index is 8.36. The average molecular weight is 156 g/mol. The van der Waals surface area contributed by atoms with Crippen molar-refractivity contribution in [2.45, 2.75) is 38.5 Å². The van der Waals surface area contributed by atoms with Crippen LogP contribution in [-0.2, 0) is 4.79 Å². The van der Waals surface area contributed by atoms with Gasteiger partial charge in [0.1, 0.15) is 0 Å². The molecule has 0 atom stereocenters. The summed E-state index contributed by atoms with van der Waals surface area (Å²) in [5.74, 6) is 0. The second-order valence-corrected chi connectivity index (χ2v) is 2.57. The number of rotatable bonds is 0. The molecule has 0 heterocycles. The Hall–Kier alpha value is -0.790. The molecule has 1 rings (SSSR count). The van der Waals surface area contributed by atoms with Gasteiger partial charge < -0.3 is 5.11 Å². The molecule has 0 aromatic rings. The van der Waals surface area contributed by atoms with Crippen LogP contribution in [-0.4, -0.2) is 11.6 Å². The molecule has 0 aromatic carbocycles. The Morgan fingerprint density at radius 3 is 1.73 bits per heavy atom. The minimum absolute atomic E-state index is 0.250. The summed E-state index contributed by atoms with van der Waals surface area (Å²) < 4.78 is 0. The first-order valence-corrected chi connectivity index (χ1v) is 4.14. The lowest BCUT2D eigenvalue weighted by Crippen LogP contribution is -1.80. The average Bonchev–Trinajstić information content (AvgIpc) is 1.86. The highest BCUT2D eigenvalue weighted by Crippen LogP contribution is 2.09. The van der Waals surface area contributed by atoms with Crippen molar-refractivity contribution in [3.8, 4) is 0 Å². The normalized spacial score (nSPS) is 17.1. The van der Waals surface area contributed by atoms with Gasteiger partial charge in [0.05, 0.1) is 0 Å². The molecule has 0 aromatic heterocycles. The van der Waals surface area contributed by atoms with Crippen molar-refractivity contribution in [2.75, 3.05) is 0 Å². The van der Waals surface area contributed by atoms with Crippen LogP contribution in [0.15, 0.2) is 12.2 Å². The Bertz CT molecular complexity index is 98.1. The molecule has 0 radical (unpaired) electrons. The smallest absolute Gasteiger partial charge is 0.290 e. The number of carboxylic acid groups (broad SMARTS) is 1. The van der Waals surface area contributed by atoms with Gasteiger partial charge in [-0.2, -0.15) is 0 Å². The van der Waals surface area contributed by atoms with E-state index in [9.17, 15) is 0 Å². The largest absolute Gasteiger partial charge is 0.483 e. The van der Waals surface area contributed by atoms with Crippen molar-refractivity contribution in [2.24, 2.45) is 0 Å². The molecular weight excluding hydrogens is 140 g/mol. The van der Waals surface area contributed by atoms with E-state index in [1.807, 2.05) is 0 Å². The van der Waals surface area contributed by atoms with Crippen molar-refractivity contribution in [3.05, 3.63) is 12.2 Å². The fourth-order valence-electron chi connectivity index (χ4n) is 1.11. The molecule has 2 heteroatoms. The van der Waals surface area contributed by atoms with Crippen LogP contribution < -0.4 is 0 Å². The van der Waals surface area contributed by atoms with Crippen molar-refractivity contribution in [1.82, 2.24) is 0 Å². The predicted molar refractivity (Wildman–Crippen MR) is 45.5 cm³/mol. The monoisotopic (exact) mass is 156 g/mol. The Morgan fingerprint density at radius 2 is 1.36 bits per heavy atom. The molecule has 0 unspecified atom stereocenters. The molecule has 0 amide bonds. The van der Waals surface area contributed by atoms with Crippen molar-refractivity contribution < 1.29 is 9.90 Å². The van der Waals surface area contributed by atoms with Gasteiger partial charge in [-0.05, 0) is 25.7 Å². The molecule has 1 aliphatic carbocycles. The number of hydrogen-bond acceptors (Lipinski definition) is 1. The maximum atomic E-state index is 8.36. The maximum Gasteiger partial charge on any atom is 0.290 e.